The van der Waals surface area contributed by atoms with Crippen molar-refractivity contribution in [3.63, 3.8) is 0 Å². The van der Waals surface area contributed by atoms with E-state index < -0.39 is 23.7 Å². The van der Waals surface area contributed by atoms with Crippen LogP contribution in [0, 0.1) is 0 Å². The lowest BCUT2D eigenvalue weighted by Crippen LogP contribution is -2.43. The van der Waals surface area contributed by atoms with Gasteiger partial charge in [0.15, 0.2) is 0 Å². The molecule has 16 heavy (non-hydrogen) atoms. The van der Waals surface area contributed by atoms with E-state index in [0.717, 1.165) is 0 Å². The smallest absolute Gasteiger partial charge is 0.408 e. The lowest BCUT2D eigenvalue weighted by molar-refractivity contribution is -0.139. The third kappa shape index (κ3) is 7.05. The molecule has 0 aromatic heterocycles. The molecule has 0 aromatic carbocycles. The molecule has 0 unspecified atom stereocenters. The maximum Gasteiger partial charge on any atom is 0.408 e. The summed E-state index contributed by atoms with van der Waals surface area (Å²) >= 11 is 0. The molecule has 0 aliphatic heterocycles. The van der Waals surface area contributed by atoms with Crippen molar-refractivity contribution in [1.29, 1.82) is 0 Å². The van der Waals surface area contributed by atoms with Crippen LogP contribution in [-0.2, 0) is 9.53 Å². The van der Waals surface area contributed by atoms with Crippen LogP contribution < -0.4 is 11.1 Å². The molecule has 0 saturated heterocycles. The Balaban J connectivity index is 4.26. The zero-order valence-electron chi connectivity index (χ0n) is 10.7. The number of carboxylic acids is 1. The Labute approximate surface area is 96.5 Å². The fourth-order valence-corrected chi connectivity index (χ4v) is 1.00. The fourth-order valence-electron chi connectivity index (χ4n) is 1.00. The first kappa shape index (κ1) is 12.8. The van der Waals surface area contributed by atoms with Gasteiger partial charge in [-0.3, -0.25) is 0 Å². The minimum Gasteiger partial charge on any atom is -0.480 e. The molecule has 4 N–H and O–H groups in total. The first-order valence-electron chi connectivity index (χ1n) is 5.74. The molecule has 0 aromatic rings. The summed E-state index contributed by atoms with van der Waals surface area (Å²) in [6.45, 7) is 3.42. The number of rotatable bonds is 5. The normalized spacial score (nSPS) is 13.8. The second kappa shape index (κ2) is 6.32. The van der Waals surface area contributed by atoms with Crippen LogP contribution in [0.1, 0.15) is 35.0 Å². The van der Waals surface area contributed by atoms with Gasteiger partial charge >= 0.3 is 12.1 Å². The summed E-state index contributed by atoms with van der Waals surface area (Å²) in [4.78, 5) is 22.2. The van der Waals surface area contributed by atoms with E-state index in [9.17, 15) is 9.59 Å². The van der Waals surface area contributed by atoms with Gasteiger partial charge in [-0.05, 0) is 40.1 Å². The van der Waals surface area contributed by atoms with Crippen molar-refractivity contribution >= 4 is 12.1 Å². The highest BCUT2D eigenvalue weighted by Crippen LogP contribution is 2.07. The molecule has 0 spiro atoms. The van der Waals surface area contributed by atoms with Crippen molar-refractivity contribution in [3.8, 4) is 0 Å². The van der Waals surface area contributed by atoms with Crippen LogP contribution in [0.15, 0.2) is 0 Å². The summed E-state index contributed by atoms with van der Waals surface area (Å²) < 4.78 is 12.1. The Kier molecular flexibility index (Phi) is 5.04. The largest absolute Gasteiger partial charge is 0.480 e. The third-order valence-corrected chi connectivity index (χ3v) is 1.66. The second-order valence-corrected chi connectivity index (χ2v) is 4.12. The van der Waals surface area contributed by atoms with Crippen LogP contribution in [0.3, 0.4) is 0 Å². The SMILES string of the molecule is [2H]CC(C)(C)OC(=O)N[C@@H](CCCN)C(=O)O. The van der Waals surface area contributed by atoms with Crippen LogP contribution in [0.2, 0.25) is 0 Å². The highest BCUT2D eigenvalue weighted by molar-refractivity contribution is 5.79. The Hall–Kier alpha value is -1.30. The molecule has 1 atom stereocenters. The molecule has 0 heterocycles. The molecular weight excluding hydrogens is 212 g/mol. The number of hydrogen-bond donors (Lipinski definition) is 3. The minimum absolute atomic E-state index is 0.0963. The quantitative estimate of drug-likeness (QED) is 0.649. The van der Waals surface area contributed by atoms with Gasteiger partial charge in [0, 0.05) is 1.37 Å². The zero-order valence-corrected chi connectivity index (χ0v) is 9.66. The van der Waals surface area contributed by atoms with Crippen LogP contribution in [0.5, 0.6) is 0 Å². The Morgan fingerprint density at radius 3 is 2.69 bits per heavy atom. The number of aliphatic carboxylic acids is 1. The van der Waals surface area contributed by atoms with E-state index in [2.05, 4.69) is 5.32 Å². The van der Waals surface area contributed by atoms with E-state index in [1.54, 1.807) is 13.8 Å². The monoisotopic (exact) mass is 233 g/mol. The zero-order chi connectivity index (χ0) is 13.5. The summed E-state index contributed by atoms with van der Waals surface area (Å²) in [5.41, 5.74) is 4.34. The van der Waals surface area contributed by atoms with Gasteiger partial charge < -0.3 is 20.9 Å². The summed E-state index contributed by atoms with van der Waals surface area (Å²) in [6, 6.07) is -1.01. The van der Waals surface area contributed by atoms with E-state index in [0.29, 0.717) is 13.0 Å². The molecule has 0 fully saturated rings. The highest BCUT2D eigenvalue weighted by Gasteiger charge is 2.23. The third-order valence-electron chi connectivity index (χ3n) is 1.66. The van der Waals surface area contributed by atoms with Crippen LogP contribution in [0.4, 0.5) is 4.79 Å². The Bertz CT molecular complexity index is 271. The lowest BCUT2D eigenvalue weighted by Gasteiger charge is -2.21. The van der Waals surface area contributed by atoms with Crippen molar-refractivity contribution < 1.29 is 20.8 Å². The van der Waals surface area contributed by atoms with Crippen LogP contribution >= 0.6 is 0 Å². The van der Waals surface area contributed by atoms with Gasteiger partial charge in [0.05, 0.1) is 0 Å². The van der Waals surface area contributed by atoms with E-state index in [1.165, 1.54) is 0 Å². The van der Waals surface area contributed by atoms with E-state index in [1.807, 2.05) is 0 Å². The minimum atomic E-state index is -1.13. The van der Waals surface area contributed by atoms with E-state index >= 15 is 0 Å². The molecule has 1 amide bonds. The molecule has 0 aliphatic carbocycles. The van der Waals surface area contributed by atoms with Gasteiger partial charge in [-0.25, -0.2) is 9.59 Å². The molecule has 0 bridgehead atoms. The maximum atomic E-state index is 11.4. The number of amides is 1. The standard InChI is InChI=1S/C10H20N2O4/c1-10(2,3)16-9(15)12-7(8(13)14)5-4-6-11/h7H,4-6,11H2,1-3H3,(H,12,15)(H,13,14)/t7-/m0/s1/i1D. The first-order chi connectivity index (χ1) is 7.82. The van der Waals surface area contributed by atoms with Gasteiger partial charge in [-0.15, -0.1) is 0 Å². The van der Waals surface area contributed by atoms with Crippen molar-refractivity contribution in [2.24, 2.45) is 5.73 Å². The first-order valence-corrected chi connectivity index (χ1v) is 5.04. The molecule has 6 heteroatoms. The molecule has 94 valence electrons. The topological polar surface area (TPSA) is 102 Å². The number of nitrogens with one attached hydrogen (secondary N) is 1. The number of hydrogen-bond acceptors (Lipinski definition) is 4. The lowest BCUT2D eigenvalue weighted by atomic mass is 10.1. The molecule has 0 radical (unpaired) electrons. The van der Waals surface area contributed by atoms with Gasteiger partial charge in [0.1, 0.15) is 11.6 Å². The summed E-state index contributed by atoms with van der Waals surface area (Å²) in [6.07, 6.45) is -0.0758. The molecule has 0 saturated carbocycles. The molecule has 6 nitrogen and oxygen atoms in total. The molecule has 0 rings (SSSR count). The van der Waals surface area contributed by atoms with Crippen LogP contribution in [0.25, 0.3) is 0 Å². The number of alkyl carbamates (subject to hydrolysis) is 1. The maximum absolute atomic E-state index is 11.4. The van der Waals surface area contributed by atoms with Crippen LogP contribution in [-0.4, -0.2) is 35.4 Å². The average molecular weight is 233 g/mol. The highest BCUT2D eigenvalue weighted by atomic mass is 16.6. The second-order valence-electron chi connectivity index (χ2n) is 4.12. The van der Waals surface area contributed by atoms with Gasteiger partial charge in [0.2, 0.25) is 0 Å². The Morgan fingerprint density at radius 1 is 1.62 bits per heavy atom. The summed E-state index contributed by atoms with van der Waals surface area (Å²) in [5, 5.41) is 11.1. The fraction of sp³-hybridized carbons (Fsp3) is 0.800. The van der Waals surface area contributed by atoms with Crippen molar-refractivity contribution in [2.45, 2.75) is 45.2 Å². The van der Waals surface area contributed by atoms with Crippen molar-refractivity contribution in [3.05, 3.63) is 0 Å². The van der Waals surface area contributed by atoms with Gasteiger partial charge in [0.25, 0.3) is 0 Å². The van der Waals surface area contributed by atoms with Gasteiger partial charge in [-0.2, -0.15) is 0 Å². The predicted molar refractivity (Wildman–Crippen MR) is 59.1 cm³/mol. The summed E-state index contributed by atoms with van der Waals surface area (Å²) in [7, 11) is 0. The number of ether oxygens (including phenoxy) is 1. The van der Waals surface area contributed by atoms with E-state index in [-0.39, 0.29) is 13.3 Å². The number of carbonyl (C=O) groups is 2. The molecule has 0 aliphatic rings. The number of nitrogens with two attached hydrogens (primary N) is 1. The average Bonchev–Trinajstić information content (AvgIpc) is 2.23. The van der Waals surface area contributed by atoms with E-state index in [4.69, 9.17) is 16.9 Å². The number of carbonyl (C=O) groups excluding carboxylic acids is 1. The summed E-state index contributed by atoms with van der Waals surface area (Å²) in [5.74, 6) is -1.13. The van der Waals surface area contributed by atoms with Crippen molar-refractivity contribution in [1.82, 2.24) is 5.32 Å². The van der Waals surface area contributed by atoms with Crippen molar-refractivity contribution in [2.75, 3.05) is 6.54 Å². The number of carboxylic acid groups (broad SMARTS) is 1. The Morgan fingerprint density at radius 2 is 2.25 bits per heavy atom. The van der Waals surface area contributed by atoms with Gasteiger partial charge in [-0.1, -0.05) is 0 Å². The molecular formula is C10H20N2O4. The predicted octanol–water partition coefficient (Wildman–Crippen LogP) is 0.703.